The molecule has 0 atom stereocenters. The molecule has 0 fully saturated rings. The Balaban J connectivity index is 2.99. The molecule has 1 heterocycles. The van der Waals surface area contributed by atoms with Gasteiger partial charge in [0.25, 0.3) is 0 Å². The fraction of sp³-hybridized carbons (Fsp3) is 0.571. The minimum Gasteiger partial charge on any atom is -0.353 e. The average molecular weight is 248 g/mol. The number of hydrogen-bond donors (Lipinski definition) is 1. The minimum atomic E-state index is 0.809. The molecule has 1 rings (SSSR count). The first-order valence-corrected chi connectivity index (χ1v) is 6.62. The zero-order valence-electron chi connectivity index (χ0n) is 11.7. The summed E-state index contributed by atoms with van der Waals surface area (Å²) in [5.74, 6) is 1.85. The summed E-state index contributed by atoms with van der Waals surface area (Å²) in [6.45, 7) is 13.6. The van der Waals surface area contributed by atoms with Crippen molar-refractivity contribution in [1.29, 1.82) is 0 Å². The maximum absolute atomic E-state index is 4.59. The molecule has 1 aromatic rings. The standard InChI is InChI=1S/C14H24N4/c1-5-8-18(9-6-2)14-13(10-15-7-3)11-16-12(4)17-14/h5,11,15H,1,6-10H2,2-4H3. The number of hydrogen-bond acceptors (Lipinski definition) is 4. The van der Waals surface area contributed by atoms with Crippen molar-refractivity contribution < 1.29 is 0 Å². The Morgan fingerprint density at radius 1 is 1.44 bits per heavy atom. The molecule has 0 radical (unpaired) electrons. The lowest BCUT2D eigenvalue weighted by Crippen LogP contribution is -2.28. The molecular formula is C14H24N4. The quantitative estimate of drug-likeness (QED) is 0.717. The van der Waals surface area contributed by atoms with Gasteiger partial charge in [-0.1, -0.05) is 19.9 Å². The first kappa shape index (κ1) is 14.6. The maximum Gasteiger partial charge on any atom is 0.137 e. The van der Waals surface area contributed by atoms with Crippen LogP contribution in [-0.4, -0.2) is 29.6 Å². The van der Waals surface area contributed by atoms with Crippen LogP contribution in [0.25, 0.3) is 0 Å². The molecule has 0 spiro atoms. The summed E-state index contributed by atoms with van der Waals surface area (Å²) in [5.41, 5.74) is 1.15. The number of aromatic nitrogens is 2. The zero-order chi connectivity index (χ0) is 13.4. The summed E-state index contributed by atoms with van der Waals surface area (Å²) in [6.07, 6.45) is 4.94. The van der Waals surface area contributed by atoms with Gasteiger partial charge in [-0.2, -0.15) is 0 Å². The van der Waals surface area contributed by atoms with E-state index in [0.29, 0.717) is 0 Å². The Morgan fingerprint density at radius 3 is 2.83 bits per heavy atom. The molecule has 0 aliphatic carbocycles. The molecule has 0 saturated carbocycles. The van der Waals surface area contributed by atoms with Crippen LogP contribution in [0.15, 0.2) is 18.9 Å². The molecule has 1 N–H and O–H groups in total. The molecular weight excluding hydrogens is 224 g/mol. The van der Waals surface area contributed by atoms with Crippen LogP contribution < -0.4 is 10.2 Å². The van der Waals surface area contributed by atoms with E-state index >= 15 is 0 Å². The molecule has 0 bridgehead atoms. The summed E-state index contributed by atoms with van der Waals surface area (Å²) < 4.78 is 0. The first-order valence-electron chi connectivity index (χ1n) is 6.62. The monoisotopic (exact) mass is 248 g/mol. The summed E-state index contributed by atoms with van der Waals surface area (Å²) in [4.78, 5) is 11.1. The van der Waals surface area contributed by atoms with Crippen LogP contribution in [0.5, 0.6) is 0 Å². The number of nitrogens with zero attached hydrogens (tertiary/aromatic N) is 3. The van der Waals surface area contributed by atoms with Gasteiger partial charge < -0.3 is 10.2 Å². The Bertz CT molecular complexity index is 376. The van der Waals surface area contributed by atoms with Gasteiger partial charge in [0.1, 0.15) is 11.6 Å². The minimum absolute atomic E-state index is 0.809. The van der Waals surface area contributed by atoms with Crippen LogP contribution in [0.1, 0.15) is 31.7 Å². The van der Waals surface area contributed by atoms with Crippen molar-refractivity contribution in [2.24, 2.45) is 0 Å². The highest BCUT2D eigenvalue weighted by Crippen LogP contribution is 2.17. The van der Waals surface area contributed by atoms with Crippen molar-refractivity contribution in [3.05, 3.63) is 30.2 Å². The van der Waals surface area contributed by atoms with Gasteiger partial charge in [0.05, 0.1) is 0 Å². The van der Waals surface area contributed by atoms with E-state index < -0.39 is 0 Å². The molecule has 18 heavy (non-hydrogen) atoms. The third-order valence-corrected chi connectivity index (χ3v) is 2.67. The Hall–Kier alpha value is -1.42. The third kappa shape index (κ3) is 4.11. The predicted molar refractivity (Wildman–Crippen MR) is 76.9 cm³/mol. The summed E-state index contributed by atoms with van der Waals surface area (Å²) in [5, 5.41) is 3.33. The van der Waals surface area contributed by atoms with Gasteiger partial charge in [-0.25, -0.2) is 9.97 Å². The Morgan fingerprint density at radius 2 is 2.22 bits per heavy atom. The van der Waals surface area contributed by atoms with E-state index in [1.165, 1.54) is 0 Å². The van der Waals surface area contributed by atoms with E-state index in [4.69, 9.17) is 0 Å². The number of anilines is 1. The highest BCUT2D eigenvalue weighted by atomic mass is 15.2. The largest absolute Gasteiger partial charge is 0.353 e. The highest BCUT2D eigenvalue weighted by Gasteiger charge is 2.12. The van der Waals surface area contributed by atoms with Gasteiger partial charge in [-0.3, -0.25) is 0 Å². The Labute approximate surface area is 110 Å². The van der Waals surface area contributed by atoms with Crippen molar-refractivity contribution in [1.82, 2.24) is 15.3 Å². The second-order valence-electron chi connectivity index (χ2n) is 4.28. The smallest absolute Gasteiger partial charge is 0.137 e. The summed E-state index contributed by atoms with van der Waals surface area (Å²) in [6, 6.07) is 0. The second-order valence-corrected chi connectivity index (χ2v) is 4.28. The van der Waals surface area contributed by atoms with Crippen molar-refractivity contribution in [2.45, 2.75) is 33.7 Å². The van der Waals surface area contributed by atoms with Crippen molar-refractivity contribution in [2.75, 3.05) is 24.5 Å². The van der Waals surface area contributed by atoms with Crippen molar-refractivity contribution in [3.63, 3.8) is 0 Å². The van der Waals surface area contributed by atoms with Crippen LogP contribution in [0.2, 0.25) is 0 Å². The van der Waals surface area contributed by atoms with Gasteiger partial charge in [-0.15, -0.1) is 6.58 Å². The number of rotatable bonds is 8. The molecule has 100 valence electrons. The molecule has 4 heteroatoms. The molecule has 0 unspecified atom stereocenters. The van der Waals surface area contributed by atoms with E-state index in [-0.39, 0.29) is 0 Å². The normalized spacial score (nSPS) is 10.4. The zero-order valence-corrected chi connectivity index (χ0v) is 11.7. The SMILES string of the molecule is C=CCN(CCC)c1nc(C)ncc1CNCC. The topological polar surface area (TPSA) is 41.1 Å². The number of nitrogens with one attached hydrogen (secondary N) is 1. The van der Waals surface area contributed by atoms with E-state index in [9.17, 15) is 0 Å². The predicted octanol–water partition coefficient (Wildman–Crippen LogP) is 2.30. The third-order valence-electron chi connectivity index (χ3n) is 2.67. The molecule has 0 amide bonds. The highest BCUT2D eigenvalue weighted by molar-refractivity contribution is 5.46. The van der Waals surface area contributed by atoms with E-state index in [1.807, 2.05) is 19.2 Å². The fourth-order valence-electron chi connectivity index (χ4n) is 1.85. The lowest BCUT2D eigenvalue weighted by Gasteiger charge is -2.24. The van der Waals surface area contributed by atoms with E-state index in [2.05, 4.69) is 40.6 Å². The molecule has 0 aromatic carbocycles. The van der Waals surface area contributed by atoms with Crippen LogP contribution in [-0.2, 0) is 6.54 Å². The van der Waals surface area contributed by atoms with Crippen LogP contribution in [0.3, 0.4) is 0 Å². The first-order chi connectivity index (χ1) is 8.72. The molecule has 0 aliphatic heterocycles. The van der Waals surface area contributed by atoms with Gasteiger partial charge >= 0.3 is 0 Å². The fourth-order valence-corrected chi connectivity index (χ4v) is 1.85. The van der Waals surface area contributed by atoms with Gasteiger partial charge in [0.15, 0.2) is 0 Å². The van der Waals surface area contributed by atoms with Crippen molar-refractivity contribution >= 4 is 5.82 Å². The molecule has 0 saturated heterocycles. The average Bonchev–Trinajstić information content (AvgIpc) is 2.37. The van der Waals surface area contributed by atoms with Gasteiger partial charge in [-0.05, 0) is 19.9 Å². The van der Waals surface area contributed by atoms with Crippen LogP contribution >= 0.6 is 0 Å². The van der Waals surface area contributed by atoms with Crippen LogP contribution in [0, 0.1) is 6.92 Å². The number of aryl methyl sites for hydroxylation is 1. The van der Waals surface area contributed by atoms with Crippen LogP contribution in [0.4, 0.5) is 5.82 Å². The summed E-state index contributed by atoms with van der Waals surface area (Å²) in [7, 11) is 0. The molecule has 0 aliphatic rings. The lowest BCUT2D eigenvalue weighted by molar-refractivity contribution is 0.707. The van der Waals surface area contributed by atoms with E-state index in [0.717, 1.165) is 49.8 Å². The summed E-state index contributed by atoms with van der Waals surface area (Å²) >= 11 is 0. The Kier molecular flexibility index (Phi) is 6.36. The lowest BCUT2D eigenvalue weighted by atomic mass is 10.2. The maximum atomic E-state index is 4.59. The van der Waals surface area contributed by atoms with Gasteiger partial charge in [0, 0.05) is 31.4 Å². The van der Waals surface area contributed by atoms with Gasteiger partial charge in [0.2, 0.25) is 0 Å². The van der Waals surface area contributed by atoms with E-state index in [1.54, 1.807) is 0 Å². The molecule has 1 aromatic heterocycles. The second kappa shape index (κ2) is 7.82. The van der Waals surface area contributed by atoms with Crippen molar-refractivity contribution in [3.8, 4) is 0 Å². The molecule has 4 nitrogen and oxygen atoms in total.